The Morgan fingerprint density at radius 1 is 1.38 bits per heavy atom. The zero-order valence-corrected chi connectivity index (χ0v) is 12.8. The molecule has 0 aliphatic heterocycles. The highest BCUT2D eigenvalue weighted by Crippen LogP contribution is 2.27. The van der Waals surface area contributed by atoms with Gasteiger partial charge in [0.1, 0.15) is 0 Å². The number of aromatic nitrogens is 2. The van der Waals surface area contributed by atoms with Crippen molar-refractivity contribution in [2.75, 3.05) is 5.32 Å². The second-order valence-corrected chi connectivity index (χ2v) is 5.82. The number of hydrogen-bond donors (Lipinski definition) is 2. The van der Waals surface area contributed by atoms with Gasteiger partial charge in [-0.3, -0.25) is 4.79 Å². The number of hydrogen-bond acceptors (Lipinski definition) is 5. The second kappa shape index (κ2) is 6.74. The summed E-state index contributed by atoms with van der Waals surface area (Å²) in [5.74, 6) is -0.165. The van der Waals surface area contributed by atoms with Gasteiger partial charge in [-0.25, -0.2) is 4.98 Å². The molecule has 1 saturated carbocycles. The van der Waals surface area contributed by atoms with Gasteiger partial charge in [0.15, 0.2) is 0 Å². The number of nitrogens with one attached hydrogen (secondary N) is 1. The Morgan fingerprint density at radius 3 is 2.76 bits per heavy atom. The number of carboxylic acid groups (broad SMARTS) is 1. The van der Waals surface area contributed by atoms with Crippen LogP contribution in [0.15, 0.2) is 6.07 Å². The lowest BCUT2D eigenvalue weighted by atomic mass is 9.84. The van der Waals surface area contributed by atoms with Gasteiger partial charge >= 0.3 is 5.97 Å². The highest BCUT2D eigenvalue weighted by atomic mass is 16.5. The molecule has 2 N–H and O–H groups in total. The predicted octanol–water partition coefficient (Wildman–Crippen LogP) is 2.63. The summed E-state index contributed by atoms with van der Waals surface area (Å²) in [7, 11) is 0. The van der Waals surface area contributed by atoms with Crippen LogP contribution in [0.5, 0.6) is 5.88 Å². The van der Waals surface area contributed by atoms with Crippen molar-refractivity contribution in [3.63, 3.8) is 0 Å². The lowest BCUT2D eigenvalue weighted by molar-refractivity contribution is -0.143. The Hall–Kier alpha value is -1.85. The molecule has 1 fully saturated rings. The summed E-state index contributed by atoms with van der Waals surface area (Å²) in [5.41, 5.74) is 0.797. The standard InChI is InChI=1S/C15H23N3O3/c1-9(2)21-13-8-10(3)16-15(18-13)17-12-7-5-4-6-11(12)14(19)20/h8-9,11-12H,4-7H2,1-3H3,(H,19,20)(H,16,17,18). The minimum absolute atomic E-state index is 0.0357. The Morgan fingerprint density at radius 2 is 2.10 bits per heavy atom. The maximum Gasteiger partial charge on any atom is 0.308 e. The second-order valence-electron chi connectivity index (χ2n) is 5.82. The number of carbonyl (C=O) groups is 1. The largest absolute Gasteiger partial charge is 0.481 e. The van der Waals surface area contributed by atoms with Crippen molar-refractivity contribution >= 4 is 11.9 Å². The molecule has 2 unspecified atom stereocenters. The molecule has 6 heteroatoms. The van der Waals surface area contributed by atoms with Crippen molar-refractivity contribution in [1.29, 1.82) is 0 Å². The first kappa shape index (κ1) is 15.5. The first-order valence-corrected chi connectivity index (χ1v) is 7.47. The third-order valence-electron chi connectivity index (χ3n) is 3.58. The Balaban J connectivity index is 2.13. The Bertz CT molecular complexity index is 505. The maximum absolute atomic E-state index is 11.3. The first-order chi connectivity index (χ1) is 9.95. The highest BCUT2D eigenvalue weighted by Gasteiger charge is 2.31. The predicted molar refractivity (Wildman–Crippen MR) is 79.5 cm³/mol. The van der Waals surface area contributed by atoms with Crippen LogP contribution in [0.4, 0.5) is 5.95 Å². The van der Waals surface area contributed by atoms with Gasteiger partial charge in [0.05, 0.1) is 12.0 Å². The van der Waals surface area contributed by atoms with Crippen molar-refractivity contribution in [3.8, 4) is 5.88 Å². The molecule has 0 amide bonds. The molecule has 1 aliphatic rings. The van der Waals surface area contributed by atoms with E-state index in [0.717, 1.165) is 25.0 Å². The van der Waals surface area contributed by atoms with Crippen LogP contribution in [-0.2, 0) is 4.79 Å². The average molecular weight is 293 g/mol. The van der Waals surface area contributed by atoms with E-state index in [9.17, 15) is 9.90 Å². The topological polar surface area (TPSA) is 84.3 Å². The van der Waals surface area contributed by atoms with Crippen LogP contribution < -0.4 is 10.1 Å². The fourth-order valence-electron chi connectivity index (χ4n) is 2.67. The minimum atomic E-state index is -0.751. The molecule has 2 rings (SSSR count). The normalized spacial score (nSPS) is 22.1. The number of aryl methyl sites for hydroxylation is 1. The molecule has 1 heterocycles. The summed E-state index contributed by atoms with van der Waals surface area (Å²) in [4.78, 5) is 20.0. The molecule has 116 valence electrons. The maximum atomic E-state index is 11.3. The van der Waals surface area contributed by atoms with Crippen LogP contribution in [0.1, 0.15) is 45.2 Å². The van der Waals surface area contributed by atoms with Gasteiger partial charge in [0.25, 0.3) is 0 Å². The minimum Gasteiger partial charge on any atom is -0.481 e. The SMILES string of the molecule is Cc1cc(OC(C)C)nc(NC2CCCCC2C(=O)O)n1. The molecular formula is C15H23N3O3. The van der Waals surface area contributed by atoms with Crippen molar-refractivity contribution < 1.29 is 14.6 Å². The summed E-state index contributed by atoms with van der Waals surface area (Å²) >= 11 is 0. The molecule has 0 spiro atoms. The summed E-state index contributed by atoms with van der Waals surface area (Å²) in [5, 5.41) is 12.5. The van der Waals surface area contributed by atoms with Gasteiger partial charge < -0.3 is 15.2 Å². The van der Waals surface area contributed by atoms with E-state index in [-0.39, 0.29) is 18.1 Å². The molecular weight excluding hydrogens is 270 g/mol. The van der Waals surface area contributed by atoms with E-state index in [4.69, 9.17) is 4.74 Å². The fourth-order valence-corrected chi connectivity index (χ4v) is 2.67. The third-order valence-corrected chi connectivity index (χ3v) is 3.58. The van der Waals surface area contributed by atoms with E-state index < -0.39 is 5.97 Å². The van der Waals surface area contributed by atoms with Crippen LogP contribution in [0.25, 0.3) is 0 Å². The Kier molecular flexibility index (Phi) is 4.98. The van der Waals surface area contributed by atoms with Gasteiger partial charge in [0, 0.05) is 17.8 Å². The number of carboxylic acids is 1. The lowest BCUT2D eigenvalue weighted by Crippen LogP contribution is -2.37. The van der Waals surface area contributed by atoms with Crippen LogP contribution in [0, 0.1) is 12.8 Å². The van der Waals surface area contributed by atoms with E-state index >= 15 is 0 Å². The van der Waals surface area contributed by atoms with E-state index in [1.807, 2.05) is 20.8 Å². The van der Waals surface area contributed by atoms with Gasteiger partial charge in [-0.15, -0.1) is 0 Å². The molecule has 0 saturated heterocycles. The monoisotopic (exact) mass is 293 g/mol. The molecule has 21 heavy (non-hydrogen) atoms. The average Bonchev–Trinajstić information content (AvgIpc) is 2.37. The number of aliphatic carboxylic acids is 1. The number of anilines is 1. The first-order valence-electron chi connectivity index (χ1n) is 7.47. The van der Waals surface area contributed by atoms with Gasteiger partial charge in [-0.05, 0) is 33.6 Å². The van der Waals surface area contributed by atoms with Crippen molar-refractivity contribution in [2.45, 2.75) is 58.6 Å². The van der Waals surface area contributed by atoms with Gasteiger partial charge in [-0.1, -0.05) is 12.8 Å². The third kappa shape index (κ3) is 4.31. The number of rotatable bonds is 5. The van der Waals surface area contributed by atoms with Gasteiger partial charge in [-0.2, -0.15) is 4.98 Å². The van der Waals surface area contributed by atoms with Crippen LogP contribution in [0.2, 0.25) is 0 Å². The molecule has 6 nitrogen and oxygen atoms in total. The summed E-state index contributed by atoms with van der Waals surface area (Å²) < 4.78 is 5.59. The molecule has 0 bridgehead atoms. The van der Waals surface area contributed by atoms with Crippen LogP contribution in [0.3, 0.4) is 0 Å². The van der Waals surface area contributed by atoms with E-state index in [0.29, 0.717) is 18.2 Å². The smallest absolute Gasteiger partial charge is 0.308 e. The van der Waals surface area contributed by atoms with Crippen molar-refractivity contribution in [3.05, 3.63) is 11.8 Å². The van der Waals surface area contributed by atoms with Crippen LogP contribution >= 0.6 is 0 Å². The summed E-state index contributed by atoms with van der Waals surface area (Å²) in [6, 6.07) is 1.66. The highest BCUT2D eigenvalue weighted by molar-refractivity contribution is 5.71. The van der Waals surface area contributed by atoms with Crippen molar-refractivity contribution in [2.24, 2.45) is 5.92 Å². The summed E-state index contributed by atoms with van der Waals surface area (Å²) in [6.07, 6.45) is 3.56. The molecule has 0 radical (unpaired) electrons. The van der Waals surface area contributed by atoms with E-state index in [2.05, 4.69) is 15.3 Å². The van der Waals surface area contributed by atoms with Gasteiger partial charge in [0.2, 0.25) is 11.8 Å². The Labute approximate surface area is 124 Å². The van der Waals surface area contributed by atoms with E-state index in [1.54, 1.807) is 6.07 Å². The summed E-state index contributed by atoms with van der Waals surface area (Å²) in [6.45, 7) is 5.74. The zero-order chi connectivity index (χ0) is 15.4. The molecule has 0 aromatic carbocycles. The molecule has 1 aromatic heterocycles. The number of nitrogens with zero attached hydrogens (tertiary/aromatic N) is 2. The molecule has 1 aliphatic carbocycles. The van der Waals surface area contributed by atoms with Crippen LogP contribution in [-0.4, -0.2) is 33.2 Å². The zero-order valence-electron chi connectivity index (χ0n) is 12.8. The number of ether oxygens (including phenoxy) is 1. The fraction of sp³-hybridized carbons (Fsp3) is 0.667. The van der Waals surface area contributed by atoms with E-state index in [1.165, 1.54) is 0 Å². The molecule has 2 atom stereocenters. The van der Waals surface area contributed by atoms with Crippen molar-refractivity contribution in [1.82, 2.24) is 9.97 Å². The lowest BCUT2D eigenvalue weighted by Gasteiger charge is -2.29. The quantitative estimate of drug-likeness (QED) is 0.868. The molecule has 1 aromatic rings.